The van der Waals surface area contributed by atoms with Gasteiger partial charge in [-0.25, -0.2) is 17.6 Å². The van der Waals surface area contributed by atoms with Crippen molar-refractivity contribution in [3.63, 3.8) is 0 Å². The second kappa shape index (κ2) is 6.79. The Labute approximate surface area is 138 Å². The van der Waals surface area contributed by atoms with Gasteiger partial charge in [-0.3, -0.25) is 9.52 Å². The number of hydrogen-bond acceptors (Lipinski definition) is 5. The molecule has 0 fully saturated rings. The Balaban J connectivity index is 2.49. The molecule has 0 aliphatic rings. The van der Waals surface area contributed by atoms with Crippen LogP contribution >= 0.6 is 0 Å². The van der Waals surface area contributed by atoms with Gasteiger partial charge in [-0.05, 0) is 37.3 Å². The molecule has 1 N–H and O–H groups in total. The lowest BCUT2D eigenvalue weighted by Gasteiger charge is -2.12. The summed E-state index contributed by atoms with van der Waals surface area (Å²) in [5, 5.41) is 0. The molecule has 0 aliphatic heterocycles. The van der Waals surface area contributed by atoms with E-state index in [0.29, 0.717) is 0 Å². The van der Waals surface area contributed by atoms with Crippen LogP contribution in [-0.2, 0) is 14.8 Å². The number of carbonyl (C=O) groups excluding carboxylic acids is 2. The average Bonchev–Trinajstić information content (AvgIpc) is 2.54. The van der Waals surface area contributed by atoms with Crippen LogP contribution in [0.3, 0.4) is 0 Å². The summed E-state index contributed by atoms with van der Waals surface area (Å²) >= 11 is 0. The molecule has 2 rings (SSSR count). The summed E-state index contributed by atoms with van der Waals surface area (Å²) in [6, 6.07) is 8.79. The molecule has 6 nitrogen and oxygen atoms in total. The van der Waals surface area contributed by atoms with Crippen molar-refractivity contribution in [2.45, 2.75) is 11.8 Å². The van der Waals surface area contributed by atoms with Gasteiger partial charge in [0.25, 0.3) is 10.0 Å². The van der Waals surface area contributed by atoms with Gasteiger partial charge in [-0.15, -0.1) is 0 Å². The Morgan fingerprint density at radius 2 is 1.79 bits per heavy atom. The minimum Gasteiger partial charge on any atom is -0.465 e. The van der Waals surface area contributed by atoms with E-state index in [-0.39, 0.29) is 22.6 Å². The van der Waals surface area contributed by atoms with Gasteiger partial charge in [0, 0.05) is 5.56 Å². The Hall–Kier alpha value is -2.74. The van der Waals surface area contributed by atoms with Crippen LogP contribution in [0.25, 0.3) is 0 Å². The largest absolute Gasteiger partial charge is 0.465 e. The first-order valence-corrected chi connectivity index (χ1v) is 8.25. The van der Waals surface area contributed by atoms with Crippen LogP contribution < -0.4 is 4.72 Å². The predicted molar refractivity (Wildman–Crippen MR) is 85.0 cm³/mol. The highest BCUT2D eigenvalue weighted by Gasteiger charge is 2.23. The highest BCUT2D eigenvalue weighted by molar-refractivity contribution is 7.92. The zero-order valence-electron chi connectivity index (χ0n) is 12.9. The number of hydrogen-bond donors (Lipinski definition) is 1. The molecular weight excluding hydrogens is 337 g/mol. The normalized spacial score (nSPS) is 11.0. The fraction of sp³-hybridized carbons (Fsp3) is 0.125. The molecule has 0 atom stereocenters. The summed E-state index contributed by atoms with van der Waals surface area (Å²) in [4.78, 5) is 22.4. The van der Waals surface area contributed by atoms with Crippen molar-refractivity contribution < 1.29 is 27.1 Å². The van der Waals surface area contributed by atoms with Crippen molar-refractivity contribution in [2.75, 3.05) is 11.8 Å². The lowest BCUT2D eigenvalue weighted by Crippen LogP contribution is -2.17. The molecule has 2 aromatic carbocycles. The monoisotopic (exact) mass is 351 g/mol. The smallest absolute Gasteiger partial charge is 0.337 e. The first-order chi connectivity index (χ1) is 11.3. The predicted octanol–water partition coefficient (Wildman–Crippen LogP) is 2.62. The molecule has 0 saturated heterocycles. The molecule has 0 heterocycles. The summed E-state index contributed by atoms with van der Waals surface area (Å²) < 4.78 is 45.5. The molecule has 0 radical (unpaired) electrons. The number of nitrogens with one attached hydrogen (secondary N) is 1. The van der Waals surface area contributed by atoms with E-state index in [1.165, 1.54) is 25.1 Å². The quantitative estimate of drug-likeness (QED) is 0.661. The topological polar surface area (TPSA) is 89.5 Å². The van der Waals surface area contributed by atoms with E-state index in [1.807, 2.05) is 0 Å². The number of anilines is 1. The average molecular weight is 351 g/mol. The molecule has 0 amide bonds. The molecule has 2 aromatic rings. The number of Topliss-reactive ketones (excluding diaryl/α,β-unsaturated/α-hetero) is 1. The third-order valence-electron chi connectivity index (χ3n) is 3.19. The van der Waals surface area contributed by atoms with Crippen LogP contribution in [0.1, 0.15) is 27.6 Å². The number of ether oxygens (including phenoxy) is 1. The number of esters is 1. The van der Waals surface area contributed by atoms with Crippen LogP contribution in [0.5, 0.6) is 0 Å². The number of ketones is 1. The molecule has 24 heavy (non-hydrogen) atoms. The van der Waals surface area contributed by atoms with Crippen LogP contribution in [0, 0.1) is 5.82 Å². The van der Waals surface area contributed by atoms with Crippen LogP contribution in [0.15, 0.2) is 47.4 Å². The number of methoxy groups -OCH3 is 1. The van der Waals surface area contributed by atoms with Gasteiger partial charge in [-0.2, -0.15) is 0 Å². The molecule has 8 heteroatoms. The van der Waals surface area contributed by atoms with Gasteiger partial charge < -0.3 is 4.74 Å². The molecule has 0 saturated carbocycles. The van der Waals surface area contributed by atoms with Crippen molar-refractivity contribution in [1.29, 1.82) is 0 Å². The maximum absolute atomic E-state index is 14.0. The van der Waals surface area contributed by atoms with Crippen LogP contribution in [0.2, 0.25) is 0 Å². The van der Waals surface area contributed by atoms with E-state index in [0.717, 1.165) is 25.3 Å². The zero-order chi connectivity index (χ0) is 17.9. The lowest BCUT2D eigenvalue weighted by molar-refractivity contribution is 0.0600. The summed E-state index contributed by atoms with van der Waals surface area (Å²) in [5.41, 5.74) is 0.0533. The van der Waals surface area contributed by atoms with Gasteiger partial charge in [-0.1, -0.05) is 12.1 Å². The number of carbonyl (C=O) groups is 2. The first-order valence-electron chi connectivity index (χ1n) is 6.77. The second-order valence-corrected chi connectivity index (χ2v) is 6.49. The van der Waals surface area contributed by atoms with Crippen molar-refractivity contribution >= 4 is 27.5 Å². The summed E-state index contributed by atoms with van der Waals surface area (Å²) in [7, 11) is -3.22. The summed E-state index contributed by atoms with van der Waals surface area (Å²) in [6.45, 7) is 1.28. The Morgan fingerprint density at radius 3 is 2.42 bits per heavy atom. The minimum atomic E-state index is -4.35. The number of rotatable bonds is 5. The maximum atomic E-state index is 14.0. The molecule has 0 aliphatic carbocycles. The van der Waals surface area contributed by atoms with Crippen molar-refractivity contribution in [1.82, 2.24) is 0 Å². The SMILES string of the molecule is COC(=O)c1ccc(F)c(S(=O)(=O)Nc2ccccc2C(C)=O)c1. The highest BCUT2D eigenvalue weighted by Crippen LogP contribution is 2.23. The molecule has 0 bridgehead atoms. The molecule has 0 spiro atoms. The summed E-state index contributed by atoms with van der Waals surface area (Å²) in [6.07, 6.45) is 0. The fourth-order valence-electron chi connectivity index (χ4n) is 2.03. The fourth-order valence-corrected chi connectivity index (χ4v) is 3.22. The van der Waals surface area contributed by atoms with E-state index in [9.17, 15) is 22.4 Å². The van der Waals surface area contributed by atoms with Crippen LogP contribution in [-0.4, -0.2) is 27.3 Å². The van der Waals surface area contributed by atoms with Crippen molar-refractivity contribution in [2.24, 2.45) is 0 Å². The zero-order valence-corrected chi connectivity index (χ0v) is 13.7. The Kier molecular flexibility index (Phi) is 4.99. The first kappa shape index (κ1) is 17.6. The molecule has 0 unspecified atom stereocenters. The van der Waals surface area contributed by atoms with Gasteiger partial charge in [0.15, 0.2) is 5.78 Å². The minimum absolute atomic E-state index is 0.0212. The number of benzene rings is 2. The summed E-state index contributed by atoms with van der Waals surface area (Å²) in [5.74, 6) is -2.18. The van der Waals surface area contributed by atoms with Gasteiger partial charge >= 0.3 is 5.97 Å². The Morgan fingerprint density at radius 1 is 1.12 bits per heavy atom. The highest BCUT2D eigenvalue weighted by atomic mass is 32.2. The van der Waals surface area contributed by atoms with E-state index < -0.39 is 26.7 Å². The number of halogens is 1. The maximum Gasteiger partial charge on any atom is 0.337 e. The van der Waals surface area contributed by atoms with E-state index >= 15 is 0 Å². The van der Waals surface area contributed by atoms with Crippen molar-refractivity contribution in [3.8, 4) is 0 Å². The Bertz CT molecular complexity index is 908. The van der Waals surface area contributed by atoms with Crippen molar-refractivity contribution in [3.05, 3.63) is 59.4 Å². The third kappa shape index (κ3) is 3.60. The number of sulfonamides is 1. The lowest BCUT2D eigenvalue weighted by atomic mass is 10.1. The second-order valence-electron chi connectivity index (χ2n) is 4.84. The van der Waals surface area contributed by atoms with E-state index in [1.54, 1.807) is 6.07 Å². The van der Waals surface area contributed by atoms with Gasteiger partial charge in [0.2, 0.25) is 0 Å². The van der Waals surface area contributed by atoms with Gasteiger partial charge in [0.1, 0.15) is 10.7 Å². The third-order valence-corrected chi connectivity index (χ3v) is 4.57. The van der Waals surface area contributed by atoms with Gasteiger partial charge in [0.05, 0.1) is 18.4 Å². The van der Waals surface area contributed by atoms with E-state index in [2.05, 4.69) is 9.46 Å². The standard InChI is InChI=1S/C16H14FNO5S/c1-10(19)12-5-3-4-6-14(12)18-24(21,22)15-9-11(16(20)23-2)7-8-13(15)17/h3-9,18H,1-2H3. The molecular formula is C16H14FNO5S. The van der Waals surface area contributed by atoms with E-state index in [4.69, 9.17) is 0 Å². The number of para-hydroxylation sites is 1. The van der Waals surface area contributed by atoms with Crippen LogP contribution in [0.4, 0.5) is 10.1 Å². The molecule has 0 aromatic heterocycles. The molecule has 126 valence electrons.